The Labute approximate surface area is 197 Å². The van der Waals surface area contributed by atoms with Crippen LogP contribution in [0.1, 0.15) is 50.5 Å². The third-order valence-electron chi connectivity index (χ3n) is 6.79. The van der Waals surface area contributed by atoms with Gasteiger partial charge in [-0.25, -0.2) is 8.78 Å². The molecule has 7 heteroatoms. The lowest BCUT2D eigenvalue weighted by atomic mass is 9.76. The Balaban J connectivity index is 1.17. The van der Waals surface area contributed by atoms with Gasteiger partial charge in [0.25, 0.3) is 6.01 Å². The predicted octanol–water partition coefficient (Wildman–Crippen LogP) is 7.03. The van der Waals surface area contributed by atoms with Gasteiger partial charge in [0.05, 0.1) is 5.52 Å². The Kier molecular flexibility index (Phi) is 6.61. The molecule has 2 aromatic carbocycles. The second-order valence-electron chi connectivity index (χ2n) is 9.25. The molecular weight excluding hydrogens is 436 g/mol. The predicted molar refractivity (Wildman–Crippen MR) is 130 cm³/mol. The standard InChI is InChI=1S/C27H29F2N3O2/c1-17(31-27-32-25-9-7-21(33-13-11-28)16-26(25)34-27)14-18-2-4-19(5-3-18)22-10-12-30-24-8-6-20(29)15-23(22)24/h6-10,12,15-19H,2-5,11,13-14H2,1H3,(H,31,32)/t17-,18?,19?/m1/s1. The number of benzene rings is 2. The molecule has 34 heavy (non-hydrogen) atoms. The zero-order valence-corrected chi connectivity index (χ0v) is 19.3. The van der Waals surface area contributed by atoms with Gasteiger partial charge in [-0.15, -0.1) is 0 Å². The van der Waals surface area contributed by atoms with E-state index in [1.165, 1.54) is 11.6 Å². The molecule has 0 spiro atoms. The quantitative estimate of drug-likeness (QED) is 0.303. The first-order valence-corrected chi connectivity index (χ1v) is 12.0. The van der Waals surface area contributed by atoms with Crippen molar-refractivity contribution < 1.29 is 17.9 Å². The Bertz CT molecular complexity index is 1270. The number of hydrogen-bond acceptors (Lipinski definition) is 5. The van der Waals surface area contributed by atoms with Crippen molar-refractivity contribution in [2.24, 2.45) is 5.92 Å². The summed E-state index contributed by atoms with van der Waals surface area (Å²) in [6.07, 6.45) is 7.33. The lowest BCUT2D eigenvalue weighted by Gasteiger charge is -2.31. The van der Waals surface area contributed by atoms with Crippen molar-refractivity contribution in [3.8, 4) is 5.75 Å². The minimum atomic E-state index is -0.529. The average molecular weight is 466 g/mol. The average Bonchev–Trinajstić information content (AvgIpc) is 3.24. The molecule has 0 unspecified atom stereocenters. The van der Waals surface area contributed by atoms with Gasteiger partial charge in [0.2, 0.25) is 0 Å². The molecule has 1 atom stereocenters. The molecule has 0 saturated heterocycles. The molecule has 4 aromatic rings. The van der Waals surface area contributed by atoms with Crippen LogP contribution in [0.5, 0.6) is 5.75 Å². The summed E-state index contributed by atoms with van der Waals surface area (Å²) in [4.78, 5) is 8.90. The van der Waals surface area contributed by atoms with Crippen LogP contribution in [0.15, 0.2) is 53.1 Å². The number of ether oxygens (including phenoxy) is 1. The normalized spacial score (nSPS) is 19.4. The van der Waals surface area contributed by atoms with Crippen LogP contribution in [-0.4, -0.2) is 29.3 Å². The van der Waals surface area contributed by atoms with Gasteiger partial charge in [-0.3, -0.25) is 4.98 Å². The lowest BCUT2D eigenvalue weighted by Crippen LogP contribution is -2.23. The van der Waals surface area contributed by atoms with Crippen molar-refractivity contribution in [2.75, 3.05) is 18.6 Å². The Hall–Kier alpha value is -3.22. The van der Waals surface area contributed by atoms with Crippen molar-refractivity contribution in [1.82, 2.24) is 9.97 Å². The molecule has 0 aliphatic heterocycles. The molecule has 2 heterocycles. The van der Waals surface area contributed by atoms with E-state index in [-0.39, 0.29) is 18.5 Å². The van der Waals surface area contributed by atoms with Crippen molar-refractivity contribution in [3.63, 3.8) is 0 Å². The maximum Gasteiger partial charge on any atom is 0.295 e. The fourth-order valence-corrected chi connectivity index (χ4v) is 5.19. The second kappa shape index (κ2) is 9.95. The molecule has 0 radical (unpaired) electrons. The number of nitrogens with zero attached hydrogens (tertiary/aromatic N) is 2. The van der Waals surface area contributed by atoms with Crippen LogP contribution in [-0.2, 0) is 0 Å². The van der Waals surface area contributed by atoms with Crippen molar-refractivity contribution in [2.45, 2.75) is 51.0 Å². The molecule has 0 bridgehead atoms. The molecular formula is C27H29F2N3O2. The molecule has 5 rings (SSSR count). The van der Waals surface area contributed by atoms with Crippen LogP contribution in [0, 0.1) is 11.7 Å². The summed E-state index contributed by atoms with van der Waals surface area (Å²) >= 11 is 0. The van der Waals surface area contributed by atoms with E-state index < -0.39 is 6.67 Å². The van der Waals surface area contributed by atoms with Crippen molar-refractivity contribution >= 4 is 28.0 Å². The van der Waals surface area contributed by atoms with E-state index in [0.717, 1.165) is 48.5 Å². The number of nitrogens with one attached hydrogen (secondary N) is 1. The molecule has 2 aromatic heterocycles. The van der Waals surface area contributed by atoms with E-state index in [9.17, 15) is 8.78 Å². The summed E-state index contributed by atoms with van der Waals surface area (Å²) < 4.78 is 37.3. The number of halogens is 2. The lowest BCUT2D eigenvalue weighted by molar-refractivity contribution is 0.273. The highest BCUT2D eigenvalue weighted by molar-refractivity contribution is 5.82. The van der Waals surface area contributed by atoms with Crippen molar-refractivity contribution in [3.05, 3.63) is 60.0 Å². The first kappa shape index (κ1) is 22.6. The van der Waals surface area contributed by atoms with Crippen LogP contribution in [0.3, 0.4) is 0 Å². The van der Waals surface area contributed by atoms with Gasteiger partial charge in [-0.1, -0.05) is 0 Å². The zero-order valence-electron chi connectivity index (χ0n) is 19.3. The van der Waals surface area contributed by atoms with Crippen LogP contribution in [0.25, 0.3) is 22.0 Å². The van der Waals surface area contributed by atoms with E-state index in [4.69, 9.17) is 9.15 Å². The smallest absolute Gasteiger partial charge is 0.295 e. The van der Waals surface area contributed by atoms with Crippen molar-refractivity contribution in [1.29, 1.82) is 0 Å². The van der Waals surface area contributed by atoms with E-state index in [1.807, 2.05) is 12.3 Å². The van der Waals surface area contributed by atoms with Gasteiger partial charge in [-0.2, -0.15) is 4.98 Å². The maximum absolute atomic E-state index is 13.8. The number of fused-ring (bicyclic) bond motifs is 2. The van der Waals surface area contributed by atoms with Crippen LogP contribution < -0.4 is 10.1 Å². The first-order chi connectivity index (χ1) is 16.6. The van der Waals surface area contributed by atoms with E-state index >= 15 is 0 Å². The molecule has 0 amide bonds. The van der Waals surface area contributed by atoms with Crippen LogP contribution in [0.4, 0.5) is 14.8 Å². The summed E-state index contributed by atoms with van der Waals surface area (Å²) in [6, 6.07) is 12.9. The molecule has 178 valence electrons. The summed E-state index contributed by atoms with van der Waals surface area (Å²) in [6.45, 7) is 1.65. The number of pyridine rings is 1. The number of alkyl halides is 1. The highest BCUT2D eigenvalue weighted by Crippen LogP contribution is 2.40. The van der Waals surface area contributed by atoms with Gasteiger partial charge in [0.1, 0.15) is 30.4 Å². The van der Waals surface area contributed by atoms with Crippen LogP contribution in [0.2, 0.25) is 0 Å². The van der Waals surface area contributed by atoms with Gasteiger partial charge in [0, 0.05) is 23.7 Å². The van der Waals surface area contributed by atoms with Gasteiger partial charge in [0.15, 0.2) is 5.58 Å². The largest absolute Gasteiger partial charge is 0.491 e. The summed E-state index contributed by atoms with van der Waals surface area (Å²) in [5, 5.41) is 4.33. The molecule has 1 N–H and O–H groups in total. The number of anilines is 1. The number of oxazole rings is 1. The number of hydrogen-bond donors (Lipinski definition) is 1. The minimum Gasteiger partial charge on any atom is -0.491 e. The highest BCUT2D eigenvalue weighted by atomic mass is 19.1. The molecule has 1 saturated carbocycles. The molecule has 5 nitrogen and oxygen atoms in total. The minimum absolute atomic E-state index is 0.0261. The third kappa shape index (κ3) is 4.98. The second-order valence-corrected chi connectivity index (χ2v) is 9.25. The van der Waals surface area contributed by atoms with Crippen LogP contribution >= 0.6 is 0 Å². The maximum atomic E-state index is 13.8. The topological polar surface area (TPSA) is 60.2 Å². The SMILES string of the molecule is C[C@H](CC1CCC(c2ccnc3ccc(F)cc23)CC1)Nc1nc2ccc(OCCF)cc2o1. The monoisotopic (exact) mass is 465 g/mol. The molecule has 1 aliphatic carbocycles. The summed E-state index contributed by atoms with van der Waals surface area (Å²) in [7, 11) is 0. The summed E-state index contributed by atoms with van der Waals surface area (Å²) in [5.74, 6) is 1.42. The fourth-order valence-electron chi connectivity index (χ4n) is 5.19. The highest BCUT2D eigenvalue weighted by Gasteiger charge is 2.25. The van der Waals surface area contributed by atoms with Gasteiger partial charge < -0.3 is 14.5 Å². The zero-order chi connectivity index (χ0) is 23.5. The first-order valence-electron chi connectivity index (χ1n) is 12.0. The van der Waals surface area contributed by atoms with E-state index in [2.05, 4.69) is 28.3 Å². The fraction of sp³-hybridized carbons (Fsp3) is 0.407. The Morgan fingerprint density at radius 1 is 1.09 bits per heavy atom. The number of rotatable bonds is 8. The molecule has 1 fully saturated rings. The Morgan fingerprint density at radius 3 is 2.74 bits per heavy atom. The van der Waals surface area contributed by atoms with E-state index in [1.54, 1.807) is 24.3 Å². The van der Waals surface area contributed by atoms with Gasteiger partial charge in [-0.05, 0) is 92.8 Å². The number of aromatic nitrogens is 2. The third-order valence-corrected chi connectivity index (χ3v) is 6.79. The van der Waals surface area contributed by atoms with E-state index in [0.29, 0.717) is 29.2 Å². The van der Waals surface area contributed by atoms with Gasteiger partial charge >= 0.3 is 0 Å². The summed E-state index contributed by atoms with van der Waals surface area (Å²) in [5.41, 5.74) is 3.44. The molecule has 1 aliphatic rings. The Morgan fingerprint density at radius 2 is 1.91 bits per heavy atom.